The van der Waals surface area contributed by atoms with Crippen molar-refractivity contribution in [3.8, 4) is 17.1 Å². The quantitative estimate of drug-likeness (QED) is 0.438. The van der Waals surface area contributed by atoms with E-state index in [1.807, 2.05) is 7.05 Å². The van der Waals surface area contributed by atoms with E-state index in [1.165, 1.54) is 4.40 Å². The molecule has 0 saturated carbocycles. The maximum absolute atomic E-state index is 12.8. The van der Waals surface area contributed by atoms with Gasteiger partial charge in [-0.15, -0.1) is 0 Å². The molecule has 11 heteroatoms. The van der Waals surface area contributed by atoms with E-state index < -0.39 is 12.0 Å². The Hall–Kier alpha value is -2.72. The molecule has 4 N–H and O–H groups in total. The Balaban J connectivity index is 1.80. The first-order valence-electron chi connectivity index (χ1n) is 10.1. The zero-order valence-electron chi connectivity index (χ0n) is 17.4. The van der Waals surface area contributed by atoms with Crippen LogP contribution in [0.3, 0.4) is 0 Å². The number of amides is 1. The number of carbonyl (C=O) groups excluding carboxylic acids is 2. The van der Waals surface area contributed by atoms with Gasteiger partial charge < -0.3 is 21.1 Å². The molecule has 1 amide bonds. The first-order chi connectivity index (χ1) is 15.3. The highest BCUT2D eigenvalue weighted by molar-refractivity contribution is 6.36. The molecule has 1 aliphatic rings. The van der Waals surface area contributed by atoms with E-state index in [0.29, 0.717) is 45.2 Å². The van der Waals surface area contributed by atoms with Gasteiger partial charge in [0.2, 0.25) is 0 Å². The normalized spacial score (nSPS) is 15.2. The zero-order valence-corrected chi connectivity index (χ0v) is 18.9. The molecule has 0 radical (unpaired) electrons. The summed E-state index contributed by atoms with van der Waals surface area (Å²) >= 11 is 12.5. The van der Waals surface area contributed by atoms with E-state index in [-0.39, 0.29) is 18.5 Å². The molecule has 0 bridgehead atoms. The molecule has 1 aromatic carbocycles. The molecule has 0 spiro atoms. The number of likely N-dealkylation sites (tertiary alicyclic amines) is 1. The van der Waals surface area contributed by atoms with Crippen LogP contribution in [-0.4, -0.2) is 46.8 Å². The first kappa shape index (κ1) is 22.5. The molecule has 2 aromatic heterocycles. The van der Waals surface area contributed by atoms with Crippen molar-refractivity contribution in [1.29, 1.82) is 0 Å². The zero-order chi connectivity index (χ0) is 23.0. The van der Waals surface area contributed by atoms with Crippen LogP contribution >= 0.6 is 23.2 Å². The highest BCUT2D eigenvalue weighted by Crippen LogP contribution is 2.32. The van der Waals surface area contributed by atoms with Crippen LogP contribution in [0.5, 0.6) is 6.01 Å². The minimum atomic E-state index is -0.815. The summed E-state index contributed by atoms with van der Waals surface area (Å²) in [6.07, 6.45) is 3.06. The van der Waals surface area contributed by atoms with Crippen molar-refractivity contribution in [2.75, 3.05) is 20.1 Å². The number of primary amides is 1. The number of piperidine rings is 1. The summed E-state index contributed by atoms with van der Waals surface area (Å²) in [6, 6.07) is 5.91. The molecule has 32 heavy (non-hydrogen) atoms. The van der Waals surface area contributed by atoms with Crippen molar-refractivity contribution in [2.24, 2.45) is 17.4 Å². The van der Waals surface area contributed by atoms with Gasteiger partial charge in [-0.05, 0) is 55.4 Å². The van der Waals surface area contributed by atoms with E-state index in [0.717, 1.165) is 17.8 Å². The number of esters is 1. The molecular weight excluding hydrogens is 455 g/mol. The molecule has 1 fully saturated rings. The van der Waals surface area contributed by atoms with Crippen LogP contribution in [-0.2, 0) is 11.3 Å². The number of carbonyl (C=O) groups is 2. The molecule has 3 heterocycles. The Morgan fingerprint density at radius 1 is 1.22 bits per heavy atom. The summed E-state index contributed by atoms with van der Waals surface area (Å²) in [5, 5.41) is 5.07. The van der Waals surface area contributed by atoms with E-state index in [4.69, 9.17) is 39.4 Å². The van der Waals surface area contributed by atoms with E-state index in [2.05, 4.69) is 10.00 Å². The Labute approximate surface area is 194 Å². The summed E-state index contributed by atoms with van der Waals surface area (Å²) < 4.78 is 8.10. The number of nitrogens with zero attached hydrogens (tertiary/aromatic N) is 4. The smallest absolute Gasteiger partial charge is 0.364 e. The number of halogens is 2. The summed E-state index contributed by atoms with van der Waals surface area (Å²) in [6.45, 7) is 1.78. The maximum Gasteiger partial charge on any atom is 0.481 e. The lowest BCUT2D eigenvalue weighted by Crippen LogP contribution is -2.36. The fraction of sp³-hybridized carbons (Fsp3) is 0.333. The van der Waals surface area contributed by atoms with Gasteiger partial charge in [0.25, 0.3) is 5.65 Å². The molecule has 0 aliphatic carbocycles. The molecule has 4 rings (SSSR count). The SMILES string of the molecule is CN1CCC(C(=O)Oc2nn(C(N)=O)c3cc(CN)c(-c4ccc(Cl)cc4Cl)c[n+]23)CC1. The monoisotopic (exact) mass is 477 g/mol. The number of ether oxygens (including phenoxy) is 1. The highest BCUT2D eigenvalue weighted by atomic mass is 35.5. The molecular formula is C21H23Cl2N6O3+. The predicted octanol–water partition coefficient (Wildman–Crippen LogP) is 2.23. The van der Waals surface area contributed by atoms with Crippen molar-refractivity contribution >= 4 is 40.8 Å². The third-order valence-electron chi connectivity index (χ3n) is 5.66. The second-order valence-corrected chi connectivity index (χ2v) is 8.64. The predicted molar refractivity (Wildman–Crippen MR) is 120 cm³/mol. The van der Waals surface area contributed by atoms with Gasteiger partial charge in [0.15, 0.2) is 0 Å². The topological polar surface area (TPSA) is 121 Å². The number of rotatable bonds is 4. The van der Waals surface area contributed by atoms with Gasteiger partial charge >= 0.3 is 18.0 Å². The first-order valence-corrected chi connectivity index (χ1v) is 10.9. The Bertz CT molecular complexity index is 1200. The van der Waals surface area contributed by atoms with Crippen molar-refractivity contribution in [3.63, 3.8) is 0 Å². The number of hydrogen-bond acceptors (Lipinski definition) is 6. The minimum absolute atomic E-state index is 0.0577. The van der Waals surface area contributed by atoms with Crippen LogP contribution < -0.4 is 20.6 Å². The average Bonchev–Trinajstić information content (AvgIpc) is 3.11. The number of pyridine rings is 1. The van der Waals surface area contributed by atoms with Gasteiger partial charge in [0, 0.05) is 33.8 Å². The van der Waals surface area contributed by atoms with Crippen LogP contribution in [0.4, 0.5) is 4.79 Å². The Kier molecular flexibility index (Phi) is 6.34. The number of nitrogens with two attached hydrogens (primary N) is 2. The van der Waals surface area contributed by atoms with E-state index in [1.54, 1.807) is 30.5 Å². The number of benzene rings is 1. The second-order valence-electron chi connectivity index (χ2n) is 7.80. The van der Waals surface area contributed by atoms with Crippen molar-refractivity contribution in [1.82, 2.24) is 14.7 Å². The average molecular weight is 478 g/mol. The number of hydrogen-bond donors (Lipinski definition) is 2. The molecule has 1 aliphatic heterocycles. The Morgan fingerprint density at radius 2 is 1.94 bits per heavy atom. The number of aromatic nitrogens is 3. The van der Waals surface area contributed by atoms with Crippen LogP contribution in [0.2, 0.25) is 10.0 Å². The highest BCUT2D eigenvalue weighted by Gasteiger charge is 2.32. The van der Waals surface area contributed by atoms with Gasteiger partial charge in [-0.3, -0.25) is 4.79 Å². The summed E-state index contributed by atoms with van der Waals surface area (Å²) in [4.78, 5) is 26.9. The van der Waals surface area contributed by atoms with E-state index in [9.17, 15) is 9.59 Å². The molecule has 0 atom stereocenters. The summed E-state index contributed by atoms with van der Waals surface area (Å²) in [5.41, 5.74) is 13.9. The molecule has 0 unspecified atom stereocenters. The van der Waals surface area contributed by atoms with Crippen LogP contribution in [0.25, 0.3) is 16.8 Å². The maximum atomic E-state index is 12.8. The summed E-state index contributed by atoms with van der Waals surface area (Å²) in [5.74, 6) is -0.635. The van der Waals surface area contributed by atoms with Crippen LogP contribution in [0, 0.1) is 5.92 Å². The van der Waals surface area contributed by atoms with Crippen molar-refractivity contribution in [3.05, 3.63) is 46.1 Å². The summed E-state index contributed by atoms with van der Waals surface area (Å²) in [7, 11) is 2.01. The lowest BCUT2D eigenvalue weighted by atomic mass is 9.97. The fourth-order valence-electron chi connectivity index (χ4n) is 3.85. The molecule has 1 saturated heterocycles. The lowest BCUT2D eigenvalue weighted by Gasteiger charge is -2.26. The fourth-order valence-corrected chi connectivity index (χ4v) is 4.36. The number of fused-ring (bicyclic) bond motifs is 1. The van der Waals surface area contributed by atoms with Gasteiger partial charge in [-0.1, -0.05) is 29.3 Å². The van der Waals surface area contributed by atoms with Crippen molar-refractivity contribution in [2.45, 2.75) is 19.4 Å². The Morgan fingerprint density at radius 3 is 2.56 bits per heavy atom. The third-order valence-corrected chi connectivity index (χ3v) is 6.20. The molecule has 168 valence electrons. The molecule has 3 aromatic rings. The van der Waals surface area contributed by atoms with Gasteiger partial charge in [0.1, 0.15) is 0 Å². The van der Waals surface area contributed by atoms with Crippen molar-refractivity contribution < 1.29 is 18.7 Å². The van der Waals surface area contributed by atoms with Gasteiger partial charge in [-0.2, -0.15) is 4.40 Å². The van der Waals surface area contributed by atoms with Crippen LogP contribution in [0.1, 0.15) is 18.4 Å². The molecule has 9 nitrogen and oxygen atoms in total. The lowest BCUT2D eigenvalue weighted by molar-refractivity contribution is -0.519. The minimum Gasteiger partial charge on any atom is -0.364 e. The second kappa shape index (κ2) is 9.03. The third kappa shape index (κ3) is 4.29. The van der Waals surface area contributed by atoms with E-state index >= 15 is 0 Å². The van der Waals surface area contributed by atoms with Crippen LogP contribution in [0.15, 0.2) is 30.5 Å². The largest absolute Gasteiger partial charge is 0.481 e. The standard InChI is InChI=1S/C21H22Cl2N6O3/c1-27-6-4-12(5-7-27)19(30)32-21-26-29(20(25)31)18-8-13(10-24)16(11-28(18)21)15-3-2-14(22)9-17(15)23/h2-3,8-9,11-12H,4-7,10,24H2,1H3,(H-,25,31)/p+1. The van der Waals surface area contributed by atoms with Gasteiger partial charge in [0.05, 0.1) is 17.2 Å². The van der Waals surface area contributed by atoms with Gasteiger partial charge in [-0.25, -0.2) is 4.79 Å².